The van der Waals surface area contributed by atoms with Crippen LogP contribution < -0.4 is 4.74 Å². The first-order valence-corrected chi connectivity index (χ1v) is 14.3. The summed E-state index contributed by atoms with van der Waals surface area (Å²) in [5.41, 5.74) is 6.72. The molecule has 196 valence electrons. The summed E-state index contributed by atoms with van der Waals surface area (Å²) < 4.78 is 12.9. The molecule has 8 aromatic rings. The van der Waals surface area contributed by atoms with Gasteiger partial charge in [0.05, 0.1) is 0 Å². The van der Waals surface area contributed by atoms with E-state index in [0.29, 0.717) is 0 Å². The molecular weight excluding hydrogens is 512 g/mol. The molecular formula is C40H24O2. The summed E-state index contributed by atoms with van der Waals surface area (Å²) in [6, 6.07) is 51.3. The number of ether oxygens (including phenoxy) is 1. The summed E-state index contributed by atoms with van der Waals surface area (Å²) in [6.07, 6.45) is 0. The van der Waals surface area contributed by atoms with Gasteiger partial charge in [0.15, 0.2) is 0 Å². The summed E-state index contributed by atoms with van der Waals surface area (Å²) in [4.78, 5) is 0. The maximum absolute atomic E-state index is 6.59. The fraction of sp³-hybridized carbons (Fsp3) is 0. The van der Waals surface area contributed by atoms with Crippen molar-refractivity contribution in [2.45, 2.75) is 0 Å². The molecule has 7 aromatic carbocycles. The Morgan fingerprint density at radius 2 is 1.07 bits per heavy atom. The molecule has 1 aromatic heterocycles. The van der Waals surface area contributed by atoms with E-state index in [2.05, 4.69) is 133 Å². The number of rotatable bonds is 3. The molecule has 0 atom stereocenters. The fourth-order valence-electron chi connectivity index (χ4n) is 6.56. The number of hydrogen-bond acceptors (Lipinski definition) is 2. The molecule has 42 heavy (non-hydrogen) atoms. The van der Waals surface area contributed by atoms with Crippen molar-refractivity contribution in [2.75, 3.05) is 0 Å². The highest BCUT2D eigenvalue weighted by molar-refractivity contribution is 6.13. The fourth-order valence-corrected chi connectivity index (χ4v) is 6.56. The highest BCUT2D eigenvalue weighted by Crippen LogP contribution is 2.48. The van der Waals surface area contributed by atoms with Crippen molar-refractivity contribution >= 4 is 32.3 Å². The zero-order valence-corrected chi connectivity index (χ0v) is 22.7. The van der Waals surface area contributed by atoms with E-state index in [1.807, 2.05) is 12.1 Å². The van der Waals surface area contributed by atoms with Crippen molar-refractivity contribution in [3.8, 4) is 56.4 Å². The third-order valence-electron chi connectivity index (χ3n) is 8.52. The normalized spacial score (nSPS) is 12.0. The van der Waals surface area contributed by atoms with E-state index < -0.39 is 0 Å². The highest BCUT2D eigenvalue weighted by Gasteiger charge is 2.21. The molecule has 1 aliphatic rings. The smallest absolute Gasteiger partial charge is 0.135 e. The van der Waals surface area contributed by atoms with Crippen molar-refractivity contribution in [3.05, 3.63) is 146 Å². The predicted molar refractivity (Wildman–Crippen MR) is 173 cm³/mol. The SMILES string of the molecule is c1ccc(-c2cccc3c2ccc2ccccc23)c(-c2ccc(-c3ccc4c(c3)-c3cccc5cccc(c35)O4)o2)c1. The van der Waals surface area contributed by atoms with E-state index in [1.165, 1.54) is 38.1 Å². The Morgan fingerprint density at radius 3 is 2.02 bits per heavy atom. The van der Waals surface area contributed by atoms with Crippen LogP contribution in [0.4, 0.5) is 0 Å². The second-order valence-corrected chi connectivity index (χ2v) is 10.9. The highest BCUT2D eigenvalue weighted by atomic mass is 16.5. The molecule has 0 aliphatic carbocycles. The van der Waals surface area contributed by atoms with Crippen molar-refractivity contribution < 1.29 is 9.15 Å². The van der Waals surface area contributed by atoms with E-state index >= 15 is 0 Å². The van der Waals surface area contributed by atoms with Crippen molar-refractivity contribution in [3.63, 3.8) is 0 Å². The molecule has 0 saturated carbocycles. The lowest BCUT2D eigenvalue weighted by atomic mass is 9.92. The molecule has 0 spiro atoms. The standard InChI is InChI=1S/C40H24O2/c1-2-11-28-25(8-1)18-20-32-29(28)14-7-15-30(32)31-12-3-4-13-33(31)37-23-22-36(41-37)27-19-21-38-35(24-27)34-16-5-9-26-10-6-17-39(42-38)40(26)34/h1-24H. The van der Waals surface area contributed by atoms with E-state index in [-0.39, 0.29) is 0 Å². The zero-order valence-electron chi connectivity index (χ0n) is 22.7. The Morgan fingerprint density at radius 1 is 0.357 bits per heavy atom. The minimum Gasteiger partial charge on any atom is -0.456 e. The second-order valence-electron chi connectivity index (χ2n) is 10.9. The molecule has 2 nitrogen and oxygen atoms in total. The predicted octanol–water partition coefficient (Wildman–Crippen LogP) is 11.5. The Balaban J connectivity index is 1.16. The van der Waals surface area contributed by atoms with Crippen LogP contribution in [0, 0.1) is 0 Å². The van der Waals surface area contributed by atoms with Crippen LogP contribution in [0.25, 0.3) is 77.2 Å². The van der Waals surface area contributed by atoms with Gasteiger partial charge in [-0.05, 0) is 80.0 Å². The first-order chi connectivity index (χ1) is 20.8. The molecule has 2 heterocycles. The van der Waals surface area contributed by atoms with Gasteiger partial charge < -0.3 is 9.15 Å². The molecule has 0 amide bonds. The molecule has 0 fully saturated rings. The van der Waals surface area contributed by atoms with Crippen LogP contribution in [0.2, 0.25) is 0 Å². The number of furan rings is 1. The Labute approximate surface area is 243 Å². The van der Waals surface area contributed by atoms with E-state index in [1.54, 1.807) is 0 Å². The minimum atomic E-state index is 0.831. The van der Waals surface area contributed by atoms with Gasteiger partial charge in [0.2, 0.25) is 0 Å². The number of fused-ring (bicyclic) bond motifs is 5. The van der Waals surface area contributed by atoms with Crippen LogP contribution in [0.1, 0.15) is 0 Å². The van der Waals surface area contributed by atoms with Crippen LogP contribution >= 0.6 is 0 Å². The van der Waals surface area contributed by atoms with Crippen LogP contribution in [-0.2, 0) is 0 Å². The summed E-state index contributed by atoms with van der Waals surface area (Å²) in [5, 5.41) is 7.35. The van der Waals surface area contributed by atoms with Crippen LogP contribution in [0.3, 0.4) is 0 Å². The van der Waals surface area contributed by atoms with Gasteiger partial charge in [0, 0.05) is 22.1 Å². The van der Waals surface area contributed by atoms with Crippen LogP contribution in [0.5, 0.6) is 11.5 Å². The Kier molecular flexibility index (Phi) is 4.93. The first kappa shape index (κ1) is 23.1. The van der Waals surface area contributed by atoms with Gasteiger partial charge in [-0.15, -0.1) is 0 Å². The monoisotopic (exact) mass is 536 g/mol. The van der Waals surface area contributed by atoms with E-state index in [4.69, 9.17) is 9.15 Å². The quantitative estimate of drug-likeness (QED) is 0.210. The summed E-state index contributed by atoms with van der Waals surface area (Å²) in [5.74, 6) is 3.45. The lowest BCUT2D eigenvalue weighted by Gasteiger charge is -2.21. The molecule has 9 rings (SSSR count). The average molecular weight is 537 g/mol. The van der Waals surface area contributed by atoms with Crippen molar-refractivity contribution in [1.82, 2.24) is 0 Å². The van der Waals surface area contributed by atoms with E-state index in [0.717, 1.165) is 50.7 Å². The van der Waals surface area contributed by atoms with Gasteiger partial charge in [-0.25, -0.2) is 0 Å². The van der Waals surface area contributed by atoms with Crippen LogP contribution in [-0.4, -0.2) is 0 Å². The molecule has 0 saturated heterocycles. The largest absolute Gasteiger partial charge is 0.456 e. The minimum absolute atomic E-state index is 0.831. The molecule has 2 heteroatoms. The molecule has 0 N–H and O–H groups in total. The van der Waals surface area contributed by atoms with Gasteiger partial charge in [0.25, 0.3) is 0 Å². The first-order valence-electron chi connectivity index (χ1n) is 14.3. The van der Waals surface area contributed by atoms with Gasteiger partial charge in [-0.2, -0.15) is 0 Å². The van der Waals surface area contributed by atoms with Gasteiger partial charge in [0.1, 0.15) is 23.0 Å². The summed E-state index contributed by atoms with van der Waals surface area (Å²) in [6.45, 7) is 0. The second kappa shape index (κ2) is 8.95. The Bertz CT molecular complexity index is 2330. The van der Waals surface area contributed by atoms with Gasteiger partial charge in [-0.1, -0.05) is 109 Å². The lowest BCUT2D eigenvalue weighted by molar-refractivity contribution is 0.487. The average Bonchev–Trinajstić information content (AvgIpc) is 3.55. The third-order valence-corrected chi connectivity index (χ3v) is 8.52. The van der Waals surface area contributed by atoms with Crippen molar-refractivity contribution in [2.24, 2.45) is 0 Å². The van der Waals surface area contributed by atoms with Crippen molar-refractivity contribution in [1.29, 1.82) is 0 Å². The maximum atomic E-state index is 6.59. The van der Waals surface area contributed by atoms with Gasteiger partial charge >= 0.3 is 0 Å². The summed E-state index contributed by atoms with van der Waals surface area (Å²) in [7, 11) is 0. The Hall–Kier alpha value is -5.60. The molecule has 1 aliphatic heterocycles. The summed E-state index contributed by atoms with van der Waals surface area (Å²) >= 11 is 0. The zero-order chi connectivity index (χ0) is 27.6. The number of benzene rings is 7. The molecule has 0 bridgehead atoms. The molecule has 0 unspecified atom stereocenters. The van der Waals surface area contributed by atoms with Crippen LogP contribution in [0.15, 0.2) is 150 Å². The van der Waals surface area contributed by atoms with E-state index in [9.17, 15) is 0 Å². The lowest BCUT2D eigenvalue weighted by Crippen LogP contribution is -1.97. The molecule has 0 radical (unpaired) electrons. The topological polar surface area (TPSA) is 22.4 Å². The number of hydrogen-bond donors (Lipinski definition) is 0. The maximum Gasteiger partial charge on any atom is 0.135 e. The van der Waals surface area contributed by atoms with Gasteiger partial charge in [-0.3, -0.25) is 0 Å². The third kappa shape index (κ3) is 3.45.